The van der Waals surface area contributed by atoms with Crippen molar-refractivity contribution in [1.29, 1.82) is 0 Å². The van der Waals surface area contributed by atoms with Gasteiger partial charge in [0.05, 0.1) is 18.4 Å². The molecule has 0 atom stereocenters. The quantitative estimate of drug-likeness (QED) is 0.711. The Labute approximate surface area is 136 Å². The SMILES string of the molecule is COC(=O)c1ccc2occ(-n3c(=O)cc(C(F)(F)F)[nH]c3=O)c2c1. The third kappa shape index (κ3) is 2.82. The molecule has 0 saturated carbocycles. The summed E-state index contributed by atoms with van der Waals surface area (Å²) in [6.07, 6.45) is -3.83. The van der Waals surface area contributed by atoms with Crippen LogP contribution in [-0.4, -0.2) is 22.6 Å². The number of H-pyrrole nitrogens is 1. The number of halogens is 3. The summed E-state index contributed by atoms with van der Waals surface area (Å²) in [5.41, 5.74) is -3.68. The third-order valence-corrected chi connectivity index (χ3v) is 3.45. The van der Waals surface area contributed by atoms with E-state index in [4.69, 9.17) is 4.42 Å². The van der Waals surface area contributed by atoms with Crippen LogP contribution in [0.3, 0.4) is 0 Å². The first-order valence-electron chi connectivity index (χ1n) is 6.76. The van der Waals surface area contributed by atoms with Gasteiger partial charge in [-0.3, -0.25) is 4.79 Å². The summed E-state index contributed by atoms with van der Waals surface area (Å²) in [5, 5.41) is 0.190. The standard InChI is InChI=1S/C15H9F3N2O5/c1-24-13(22)7-2-3-10-8(4-7)9(6-25-10)20-12(21)5-11(15(16,17)18)19-14(20)23/h2-6H,1H3,(H,19,23). The van der Waals surface area contributed by atoms with Crippen molar-refractivity contribution >= 4 is 16.9 Å². The van der Waals surface area contributed by atoms with Gasteiger partial charge in [0.15, 0.2) is 0 Å². The molecular formula is C15H9F3N2O5. The summed E-state index contributed by atoms with van der Waals surface area (Å²) in [5.74, 6) is -0.664. The molecule has 0 unspecified atom stereocenters. The van der Waals surface area contributed by atoms with Gasteiger partial charge in [-0.15, -0.1) is 0 Å². The Morgan fingerprint density at radius 3 is 2.56 bits per heavy atom. The van der Waals surface area contributed by atoms with Crippen LogP contribution in [0.15, 0.2) is 44.5 Å². The number of fused-ring (bicyclic) bond motifs is 1. The van der Waals surface area contributed by atoms with Crippen LogP contribution in [0, 0.1) is 0 Å². The van der Waals surface area contributed by atoms with Crippen molar-refractivity contribution in [2.75, 3.05) is 7.11 Å². The van der Waals surface area contributed by atoms with Crippen molar-refractivity contribution in [2.45, 2.75) is 6.18 Å². The maximum Gasteiger partial charge on any atom is 0.431 e. The van der Waals surface area contributed by atoms with Crippen LogP contribution in [0.1, 0.15) is 16.1 Å². The largest absolute Gasteiger partial charge is 0.465 e. The van der Waals surface area contributed by atoms with Gasteiger partial charge in [-0.05, 0) is 18.2 Å². The molecule has 2 heterocycles. The van der Waals surface area contributed by atoms with Crippen LogP contribution in [0.25, 0.3) is 16.7 Å². The van der Waals surface area contributed by atoms with Gasteiger partial charge in [0, 0.05) is 11.5 Å². The molecule has 0 spiro atoms. The lowest BCUT2D eigenvalue weighted by molar-refractivity contribution is -0.141. The van der Waals surface area contributed by atoms with Gasteiger partial charge in [0.2, 0.25) is 0 Å². The van der Waals surface area contributed by atoms with Crippen LogP contribution in [-0.2, 0) is 10.9 Å². The van der Waals surface area contributed by atoms with Crippen molar-refractivity contribution < 1.29 is 27.1 Å². The molecule has 1 N–H and O–H groups in total. The number of hydrogen-bond donors (Lipinski definition) is 1. The highest BCUT2D eigenvalue weighted by Gasteiger charge is 2.33. The molecule has 25 heavy (non-hydrogen) atoms. The normalized spacial score (nSPS) is 11.7. The number of methoxy groups -OCH3 is 1. The fraction of sp³-hybridized carbons (Fsp3) is 0.133. The van der Waals surface area contributed by atoms with Gasteiger partial charge in [-0.2, -0.15) is 13.2 Å². The number of aromatic nitrogens is 2. The van der Waals surface area contributed by atoms with E-state index in [1.807, 2.05) is 0 Å². The van der Waals surface area contributed by atoms with E-state index in [2.05, 4.69) is 4.74 Å². The van der Waals surface area contributed by atoms with Crippen LogP contribution < -0.4 is 11.2 Å². The molecule has 0 fully saturated rings. The van der Waals surface area contributed by atoms with Gasteiger partial charge >= 0.3 is 17.8 Å². The molecule has 0 aliphatic heterocycles. The Bertz CT molecular complexity index is 1060. The first-order valence-corrected chi connectivity index (χ1v) is 6.76. The molecule has 1 aromatic carbocycles. The lowest BCUT2D eigenvalue weighted by Crippen LogP contribution is -2.35. The first kappa shape index (κ1) is 16.6. The number of furan rings is 1. The molecule has 3 rings (SSSR count). The van der Waals surface area contributed by atoms with Crippen molar-refractivity contribution in [3.05, 3.63) is 62.6 Å². The minimum Gasteiger partial charge on any atom is -0.465 e. The lowest BCUT2D eigenvalue weighted by atomic mass is 10.1. The van der Waals surface area contributed by atoms with E-state index < -0.39 is 29.1 Å². The molecule has 0 aliphatic rings. The number of aromatic amines is 1. The molecular weight excluding hydrogens is 345 g/mol. The number of esters is 1. The number of alkyl halides is 3. The Morgan fingerprint density at radius 2 is 1.96 bits per heavy atom. The fourth-order valence-corrected chi connectivity index (χ4v) is 2.31. The molecule has 0 bridgehead atoms. The van der Waals surface area contributed by atoms with E-state index in [-0.39, 0.29) is 28.3 Å². The predicted molar refractivity (Wildman–Crippen MR) is 78.8 cm³/mol. The number of ether oxygens (including phenoxy) is 1. The maximum atomic E-state index is 12.7. The second-order valence-corrected chi connectivity index (χ2v) is 4.98. The van der Waals surface area contributed by atoms with Crippen molar-refractivity contribution in [2.24, 2.45) is 0 Å². The van der Waals surface area contributed by atoms with Gasteiger partial charge in [-0.1, -0.05) is 0 Å². The van der Waals surface area contributed by atoms with Gasteiger partial charge in [0.25, 0.3) is 5.56 Å². The summed E-state index contributed by atoms with van der Waals surface area (Å²) in [6.45, 7) is 0. The van der Waals surface area contributed by atoms with Crippen LogP contribution in [0.5, 0.6) is 0 Å². The molecule has 3 aromatic rings. The number of benzene rings is 1. The average molecular weight is 354 g/mol. The molecule has 2 aromatic heterocycles. The molecule has 0 radical (unpaired) electrons. The first-order chi connectivity index (χ1) is 11.7. The minimum atomic E-state index is -4.87. The molecule has 0 amide bonds. The molecule has 130 valence electrons. The molecule has 10 heteroatoms. The Morgan fingerprint density at radius 1 is 1.24 bits per heavy atom. The Balaban J connectivity index is 2.25. The second kappa shape index (κ2) is 5.65. The minimum absolute atomic E-state index is 0.0965. The topological polar surface area (TPSA) is 94.3 Å². The van der Waals surface area contributed by atoms with Crippen LogP contribution in [0.2, 0.25) is 0 Å². The van der Waals surface area contributed by atoms with E-state index >= 15 is 0 Å². The fourth-order valence-electron chi connectivity index (χ4n) is 2.31. The van der Waals surface area contributed by atoms with E-state index in [1.54, 1.807) is 4.98 Å². The number of carbonyl (C=O) groups excluding carboxylic acids is 1. The number of nitrogens with one attached hydrogen (secondary N) is 1. The zero-order valence-electron chi connectivity index (χ0n) is 12.5. The number of carbonyl (C=O) groups is 1. The van der Waals surface area contributed by atoms with E-state index in [0.29, 0.717) is 4.57 Å². The van der Waals surface area contributed by atoms with Gasteiger partial charge in [-0.25, -0.2) is 14.2 Å². The van der Waals surface area contributed by atoms with Gasteiger partial charge in [0.1, 0.15) is 17.5 Å². The molecule has 0 saturated heterocycles. The summed E-state index contributed by atoms with van der Waals surface area (Å²) in [6, 6.07) is 4.39. The lowest BCUT2D eigenvalue weighted by Gasteiger charge is -2.08. The summed E-state index contributed by atoms with van der Waals surface area (Å²) >= 11 is 0. The van der Waals surface area contributed by atoms with Crippen LogP contribution in [0.4, 0.5) is 13.2 Å². The number of nitrogens with zero attached hydrogens (tertiary/aromatic N) is 1. The highest BCUT2D eigenvalue weighted by molar-refractivity contribution is 5.96. The predicted octanol–water partition coefficient (Wildman–Crippen LogP) is 2.08. The zero-order chi connectivity index (χ0) is 18.4. The van der Waals surface area contributed by atoms with E-state index in [0.717, 1.165) is 6.26 Å². The highest BCUT2D eigenvalue weighted by Crippen LogP contribution is 2.27. The number of hydrogen-bond acceptors (Lipinski definition) is 5. The van der Waals surface area contributed by atoms with Crippen molar-refractivity contribution in [3.8, 4) is 5.69 Å². The van der Waals surface area contributed by atoms with E-state index in [9.17, 15) is 27.6 Å². The monoisotopic (exact) mass is 354 g/mol. The Hall–Kier alpha value is -3.30. The van der Waals surface area contributed by atoms with E-state index in [1.165, 1.54) is 25.3 Å². The highest BCUT2D eigenvalue weighted by atomic mass is 19.4. The van der Waals surface area contributed by atoms with Crippen molar-refractivity contribution in [1.82, 2.24) is 9.55 Å². The summed E-state index contributed by atoms with van der Waals surface area (Å²) < 4.78 is 48.3. The van der Waals surface area contributed by atoms with Crippen LogP contribution >= 0.6 is 0 Å². The summed E-state index contributed by atoms with van der Waals surface area (Å²) in [4.78, 5) is 37.2. The summed E-state index contributed by atoms with van der Waals surface area (Å²) in [7, 11) is 1.17. The third-order valence-electron chi connectivity index (χ3n) is 3.45. The Kier molecular flexibility index (Phi) is 3.74. The van der Waals surface area contributed by atoms with Crippen molar-refractivity contribution in [3.63, 3.8) is 0 Å². The van der Waals surface area contributed by atoms with Gasteiger partial charge < -0.3 is 14.1 Å². The number of rotatable bonds is 2. The average Bonchev–Trinajstić information content (AvgIpc) is 2.95. The maximum absolute atomic E-state index is 12.7. The molecule has 0 aliphatic carbocycles. The second-order valence-electron chi connectivity index (χ2n) is 4.98. The smallest absolute Gasteiger partial charge is 0.431 e. The zero-order valence-corrected chi connectivity index (χ0v) is 12.5. The molecule has 7 nitrogen and oxygen atoms in total.